The molecule has 1 aromatic carbocycles. The van der Waals surface area contributed by atoms with Crippen LogP contribution < -0.4 is 5.73 Å². The molecule has 0 aliphatic heterocycles. The van der Waals surface area contributed by atoms with Crippen LogP contribution in [0.3, 0.4) is 0 Å². The zero-order valence-electron chi connectivity index (χ0n) is 10.2. The summed E-state index contributed by atoms with van der Waals surface area (Å²) in [7, 11) is 0.686. The van der Waals surface area contributed by atoms with Crippen molar-refractivity contribution in [1.29, 1.82) is 0 Å². The first-order valence-corrected chi connectivity index (χ1v) is 7.23. The lowest BCUT2D eigenvalue weighted by Crippen LogP contribution is -2.16. The summed E-state index contributed by atoms with van der Waals surface area (Å²) in [6, 6.07) is 5.06. The lowest BCUT2D eigenvalue weighted by molar-refractivity contribution is 0.398. The van der Waals surface area contributed by atoms with E-state index in [1.54, 1.807) is 18.2 Å². The van der Waals surface area contributed by atoms with Gasteiger partial charge in [-0.2, -0.15) is 0 Å². The molecular weight excluding hydrogens is 236 g/mol. The van der Waals surface area contributed by atoms with E-state index in [4.69, 9.17) is 5.73 Å². The van der Waals surface area contributed by atoms with Crippen LogP contribution in [-0.4, -0.2) is 32.7 Å². The topological polar surface area (TPSA) is 63.4 Å². The number of nitrogens with two attached hydrogens (primary N) is 1. The molecule has 2 N–H and O–H groups in total. The number of rotatable bonds is 4. The molecule has 94 valence electrons. The van der Waals surface area contributed by atoms with Crippen molar-refractivity contribution in [1.82, 2.24) is 4.90 Å². The molecule has 0 unspecified atom stereocenters. The predicted octanol–water partition coefficient (Wildman–Crippen LogP) is 1.27. The summed E-state index contributed by atoms with van der Waals surface area (Å²) in [5.41, 5.74) is 7.13. The molecule has 17 heavy (non-hydrogen) atoms. The molecule has 1 aliphatic carbocycles. The maximum absolute atomic E-state index is 12.2. The van der Waals surface area contributed by atoms with Gasteiger partial charge in [0.2, 0.25) is 0 Å². The highest BCUT2D eigenvalue weighted by molar-refractivity contribution is 7.92. The molecule has 1 aromatic rings. The highest BCUT2D eigenvalue weighted by atomic mass is 32.2. The van der Waals surface area contributed by atoms with Crippen LogP contribution in [0.1, 0.15) is 18.4 Å². The number of hydrogen-bond acceptors (Lipinski definition) is 4. The molecule has 1 aliphatic rings. The Balaban J connectivity index is 2.45. The van der Waals surface area contributed by atoms with Crippen LogP contribution in [0.4, 0.5) is 5.69 Å². The summed E-state index contributed by atoms with van der Waals surface area (Å²) in [5.74, 6) is 0. The summed E-state index contributed by atoms with van der Waals surface area (Å²) in [5, 5.41) is -0.174. The molecule has 0 bridgehead atoms. The highest BCUT2D eigenvalue weighted by Gasteiger charge is 2.38. The molecular formula is C12H18N2O2S. The summed E-state index contributed by atoms with van der Waals surface area (Å²) in [6.07, 6.45) is 1.57. The van der Waals surface area contributed by atoms with Crippen LogP contribution in [0, 0.1) is 0 Å². The SMILES string of the molecule is CN(C)Cc1cc(N)ccc1S(=O)(=O)C1CC1. The molecule has 1 fully saturated rings. The minimum Gasteiger partial charge on any atom is -0.399 e. The lowest BCUT2D eigenvalue weighted by atomic mass is 10.2. The molecule has 1 saturated carbocycles. The van der Waals surface area contributed by atoms with Crippen LogP contribution in [-0.2, 0) is 16.4 Å². The zero-order valence-corrected chi connectivity index (χ0v) is 11.0. The number of benzene rings is 1. The second-order valence-corrected chi connectivity index (χ2v) is 7.05. The minimum absolute atomic E-state index is 0.174. The fraction of sp³-hybridized carbons (Fsp3) is 0.500. The van der Waals surface area contributed by atoms with E-state index in [2.05, 4.69) is 0 Å². The largest absolute Gasteiger partial charge is 0.399 e. The second-order valence-electron chi connectivity index (χ2n) is 4.85. The van der Waals surface area contributed by atoms with E-state index in [0.29, 0.717) is 17.1 Å². The van der Waals surface area contributed by atoms with Crippen LogP contribution in [0.25, 0.3) is 0 Å². The van der Waals surface area contributed by atoms with Crippen molar-refractivity contribution in [3.8, 4) is 0 Å². The summed E-state index contributed by atoms with van der Waals surface area (Å²) >= 11 is 0. The normalized spacial score (nSPS) is 16.4. The lowest BCUT2D eigenvalue weighted by Gasteiger charge is -2.15. The number of hydrogen-bond donors (Lipinski definition) is 1. The number of anilines is 1. The summed E-state index contributed by atoms with van der Waals surface area (Å²) < 4.78 is 24.5. The van der Waals surface area contributed by atoms with Gasteiger partial charge in [-0.25, -0.2) is 8.42 Å². The second kappa shape index (κ2) is 4.31. The third kappa shape index (κ3) is 2.61. The molecule has 0 spiro atoms. The van der Waals surface area contributed by atoms with Gasteiger partial charge in [0, 0.05) is 12.2 Å². The molecule has 0 heterocycles. The fourth-order valence-electron chi connectivity index (χ4n) is 1.90. The van der Waals surface area contributed by atoms with E-state index in [1.165, 1.54) is 0 Å². The van der Waals surface area contributed by atoms with Gasteiger partial charge in [0.1, 0.15) is 0 Å². The van der Waals surface area contributed by atoms with Gasteiger partial charge < -0.3 is 10.6 Å². The highest BCUT2D eigenvalue weighted by Crippen LogP contribution is 2.35. The molecule has 4 nitrogen and oxygen atoms in total. The Kier molecular flexibility index (Phi) is 3.14. The van der Waals surface area contributed by atoms with Crippen molar-refractivity contribution in [2.75, 3.05) is 19.8 Å². The van der Waals surface area contributed by atoms with Crippen LogP contribution in [0.15, 0.2) is 23.1 Å². The average Bonchev–Trinajstić information content (AvgIpc) is 2.98. The quantitative estimate of drug-likeness (QED) is 0.822. The van der Waals surface area contributed by atoms with Gasteiger partial charge in [-0.05, 0) is 50.7 Å². The Labute approximate surface area is 102 Å². The molecule has 0 radical (unpaired) electrons. The Hall–Kier alpha value is -1.07. The Morgan fingerprint density at radius 2 is 2.00 bits per heavy atom. The van der Waals surface area contributed by atoms with Gasteiger partial charge in [0.05, 0.1) is 10.1 Å². The first kappa shape index (κ1) is 12.4. The van der Waals surface area contributed by atoms with Gasteiger partial charge in [0.15, 0.2) is 9.84 Å². The summed E-state index contributed by atoms with van der Waals surface area (Å²) in [6.45, 7) is 0.590. The van der Waals surface area contributed by atoms with Crippen molar-refractivity contribution in [2.45, 2.75) is 29.5 Å². The maximum atomic E-state index is 12.2. The van der Waals surface area contributed by atoms with Crippen LogP contribution in [0.5, 0.6) is 0 Å². The molecule has 2 rings (SSSR count). The zero-order chi connectivity index (χ0) is 12.6. The van der Waals surface area contributed by atoms with Crippen LogP contribution >= 0.6 is 0 Å². The van der Waals surface area contributed by atoms with Gasteiger partial charge in [-0.3, -0.25) is 0 Å². The smallest absolute Gasteiger partial charge is 0.181 e. The first-order valence-electron chi connectivity index (χ1n) is 5.68. The van der Waals surface area contributed by atoms with E-state index < -0.39 is 9.84 Å². The van der Waals surface area contributed by atoms with E-state index in [9.17, 15) is 8.42 Å². The Morgan fingerprint density at radius 3 is 2.53 bits per heavy atom. The molecule has 0 amide bonds. The Morgan fingerprint density at radius 1 is 1.35 bits per heavy atom. The van der Waals surface area contributed by atoms with E-state index >= 15 is 0 Å². The monoisotopic (exact) mass is 254 g/mol. The fourth-order valence-corrected chi connectivity index (χ4v) is 3.76. The van der Waals surface area contributed by atoms with Gasteiger partial charge >= 0.3 is 0 Å². The van der Waals surface area contributed by atoms with Crippen molar-refractivity contribution in [3.63, 3.8) is 0 Å². The van der Waals surface area contributed by atoms with Gasteiger partial charge in [-0.1, -0.05) is 0 Å². The van der Waals surface area contributed by atoms with Crippen molar-refractivity contribution in [2.24, 2.45) is 0 Å². The molecule has 5 heteroatoms. The number of sulfone groups is 1. The number of nitrogen functional groups attached to an aromatic ring is 1. The average molecular weight is 254 g/mol. The van der Waals surface area contributed by atoms with Gasteiger partial charge in [-0.15, -0.1) is 0 Å². The Bertz CT molecular complexity index is 519. The molecule has 0 aromatic heterocycles. The van der Waals surface area contributed by atoms with Crippen molar-refractivity contribution >= 4 is 15.5 Å². The third-order valence-corrected chi connectivity index (χ3v) is 5.20. The first-order chi connectivity index (χ1) is 7.91. The molecule has 0 atom stereocenters. The van der Waals surface area contributed by atoms with E-state index in [0.717, 1.165) is 18.4 Å². The van der Waals surface area contributed by atoms with E-state index in [1.807, 2.05) is 19.0 Å². The minimum atomic E-state index is -3.14. The molecule has 0 saturated heterocycles. The van der Waals surface area contributed by atoms with E-state index in [-0.39, 0.29) is 5.25 Å². The predicted molar refractivity (Wildman–Crippen MR) is 68.5 cm³/mol. The standard InChI is InChI=1S/C12H18N2O2S/c1-14(2)8-9-7-10(13)3-6-12(9)17(15,16)11-4-5-11/h3,6-7,11H,4-5,8,13H2,1-2H3. The third-order valence-electron chi connectivity index (χ3n) is 2.84. The van der Waals surface area contributed by atoms with Crippen molar-refractivity contribution < 1.29 is 8.42 Å². The number of nitrogens with zero attached hydrogens (tertiary/aromatic N) is 1. The summed E-state index contributed by atoms with van der Waals surface area (Å²) in [4.78, 5) is 2.39. The van der Waals surface area contributed by atoms with Crippen molar-refractivity contribution in [3.05, 3.63) is 23.8 Å². The van der Waals surface area contributed by atoms with Gasteiger partial charge in [0.25, 0.3) is 0 Å². The maximum Gasteiger partial charge on any atom is 0.181 e. The van der Waals surface area contributed by atoms with Crippen LogP contribution in [0.2, 0.25) is 0 Å².